The highest BCUT2D eigenvalue weighted by atomic mass is 14.7. The first-order chi connectivity index (χ1) is 8.31. The van der Waals surface area contributed by atoms with Crippen molar-refractivity contribution in [3.05, 3.63) is 65.0 Å². The average Bonchev–Trinajstić information content (AvgIpc) is 2.38. The molecule has 1 nitrogen and oxygen atoms in total. The maximum Gasteiger partial charge on any atom is 0.0661 e. The van der Waals surface area contributed by atoms with E-state index in [-0.39, 0.29) is 0 Å². The van der Waals surface area contributed by atoms with Gasteiger partial charge in [-0.3, -0.25) is 4.98 Å². The molecule has 0 amide bonds. The van der Waals surface area contributed by atoms with Gasteiger partial charge in [0.25, 0.3) is 0 Å². The molecular formula is C16H17N. The summed E-state index contributed by atoms with van der Waals surface area (Å²) in [6.45, 7) is 4.28. The zero-order valence-electron chi connectivity index (χ0n) is 10.4. The fourth-order valence-electron chi connectivity index (χ4n) is 1.84. The third-order valence-corrected chi connectivity index (χ3v) is 2.92. The van der Waals surface area contributed by atoms with E-state index in [0.717, 1.165) is 12.1 Å². The van der Waals surface area contributed by atoms with Crippen molar-refractivity contribution >= 4 is 12.2 Å². The molecule has 0 N–H and O–H groups in total. The van der Waals surface area contributed by atoms with Crippen molar-refractivity contribution in [2.45, 2.75) is 20.3 Å². The number of nitrogens with zero attached hydrogens (tertiary/aromatic N) is 1. The van der Waals surface area contributed by atoms with Crippen LogP contribution in [0.3, 0.4) is 0 Å². The summed E-state index contributed by atoms with van der Waals surface area (Å²) in [5.74, 6) is 0. The smallest absolute Gasteiger partial charge is 0.0661 e. The summed E-state index contributed by atoms with van der Waals surface area (Å²) in [5.41, 5.74) is 4.90. The van der Waals surface area contributed by atoms with Crippen molar-refractivity contribution < 1.29 is 0 Å². The normalized spacial score (nSPS) is 10.9. The molecular weight excluding hydrogens is 206 g/mol. The molecule has 0 saturated heterocycles. The predicted molar refractivity (Wildman–Crippen MR) is 73.7 cm³/mol. The Morgan fingerprint density at radius 2 is 1.88 bits per heavy atom. The second kappa shape index (κ2) is 5.44. The number of rotatable bonds is 3. The van der Waals surface area contributed by atoms with Gasteiger partial charge in [-0.2, -0.15) is 0 Å². The summed E-state index contributed by atoms with van der Waals surface area (Å²) in [4.78, 5) is 4.41. The molecule has 0 unspecified atom stereocenters. The van der Waals surface area contributed by atoms with E-state index in [1.807, 2.05) is 12.3 Å². The van der Waals surface area contributed by atoms with Gasteiger partial charge < -0.3 is 0 Å². The fourth-order valence-corrected chi connectivity index (χ4v) is 1.84. The van der Waals surface area contributed by atoms with Crippen molar-refractivity contribution in [1.29, 1.82) is 0 Å². The Kier molecular flexibility index (Phi) is 3.71. The zero-order valence-corrected chi connectivity index (χ0v) is 10.4. The molecule has 1 heterocycles. The monoisotopic (exact) mass is 223 g/mol. The van der Waals surface area contributed by atoms with Crippen molar-refractivity contribution in [3.63, 3.8) is 0 Å². The van der Waals surface area contributed by atoms with E-state index in [0.29, 0.717) is 0 Å². The van der Waals surface area contributed by atoms with Crippen molar-refractivity contribution in [1.82, 2.24) is 4.98 Å². The van der Waals surface area contributed by atoms with Crippen LogP contribution in [0, 0.1) is 6.92 Å². The summed E-state index contributed by atoms with van der Waals surface area (Å²) in [6.07, 6.45) is 7.09. The molecule has 17 heavy (non-hydrogen) atoms. The Labute approximate surface area is 103 Å². The van der Waals surface area contributed by atoms with Crippen LogP contribution in [0.2, 0.25) is 0 Å². The van der Waals surface area contributed by atoms with E-state index in [1.54, 1.807) is 0 Å². The molecule has 0 spiro atoms. The van der Waals surface area contributed by atoms with E-state index in [9.17, 15) is 0 Å². The van der Waals surface area contributed by atoms with E-state index in [4.69, 9.17) is 0 Å². The van der Waals surface area contributed by atoms with Gasteiger partial charge in [0.15, 0.2) is 0 Å². The van der Waals surface area contributed by atoms with Gasteiger partial charge in [0.2, 0.25) is 0 Å². The van der Waals surface area contributed by atoms with Crippen LogP contribution in [0.4, 0.5) is 0 Å². The van der Waals surface area contributed by atoms with Crippen LogP contribution in [0.15, 0.2) is 42.6 Å². The topological polar surface area (TPSA) is 12.9 Å². The first kappa shape index (κ1) is 11.6. The maximum absolute atomic E-state index is 4.41. The Hall–Kier alpha value is -1.89. The number of aromatic nitrogens is 1. The molecule has 2 aromatic rings. The summed E-state index contributed by atoms with van der Waals surface area (Å²) in [7, 11) is 0. The van der Waals surface area contributed by atoms with Crippen LogP contribution in [0.5, 0.6) is 0 Å². The molecule has 2 rings (SSSR count). The van der Waals surface area contributed by atoms with Crippen molar-refractivity contribution in [3.8, 4) is 0 Å². The lowest BCUT2D eigenvalue weighted by Gasteiger charge is -2.02. The third kappa shape index (κ3) is 2.82. The molecule has 0 atom stereocenters. The molecule has 1 aromatic heterocycles. The van der Waals surface area contributed by atoms with Gasteiger partial charge >= 0.3 is 0 Å². The minimum Gasteiger partial charge on any atom is -0.257 e. The Bertz CT molecular complexity index is 527. The van der Waals surface area contributed by atoms with Crippen LogP contribution in [-0.2, 0) is 6.42 Å². The average molecular weight is 223 g/mol. The fraction of sp³-hybridized carbons (Fsp3) is 0.188. The molecule has 0 aliphatic carbocycles. The van der Waals surface area contributed by atoms with Crippen LogP contribution in [0.1, 0.15) is 29.3 Å². The minimum atomic E-state index is 1.02. The summed E-state index contributed by atoms with van der Waals surface area (Å²) in [5, 5.41) is 0. The van der Waals surface area contributed by atoms with Crippen molar-refractivity contribution in [2.75, 3.05) is 0 Å². The highest BCUT2D eigenvalue weighted by molar-refractivity contribution is 5.70. The largest absolute Gasteiger partial charge is 0.257 e. The number of aryl methyl sites for hydroxylation is 2. The molecule has 0 fully saturated rings. The molecule has 0 bridgehead atoms. The Morgan fingerprint density at radius 1 is 1.06 bits per heavy atom. The Balaban J connectivity index is 2.29. The highest BCUT2D eigenvalue weighted by Crippen LogP contribution is 2.13. The number of pyridine rings is 1. The quantitative estimate of drug-likeness (QED) is 0.762. The zero-order chi connectivity index (χ0) is 12.1. The lowest BCUT2D eigenvalue weighted by atomic mass is 10.1. The molecule has 86 valence electrons. The van der Waals surface area contributed by atoms with E-state index in [1.165, 1.54) is 16.7 Å². The Morgan fingerprint density at radius 3 is 2.65 bits per heavy atom. The molecule has 1 aromatic carbocycles. The first-order valence-corrected chi connectivity index (χ1v) is 5.99. The molecule has 1 heteroatoms. The maximum atomic E-state index is 4.41. The van der Waals surface area contributed by atoms with Gasteiger partial charge in [0, 0.05) is 6.20 Å². The van der Waals surface area contributed by atoms with Crippen LogP contribution in [-0.4, -0.2) is 4.98 Å². The van der Waals surface area contributed by atoms with E-state index in [2.05, 4.69) is 61.3 Å². The number of benzene rings is 1. The third-order valence-electron chi connectivity index (χ3n) is 2.92. The van der Waals surface area contributed by atoms with Gasteiger partial charge in [-0.1, -0.05) is 43.3 Å². The van der Waals surface area contributed by atoms with Crippen LogP contribution >= 0.6 is 0 Å². The summed E-state index contributed by atoms with van der Waals surface area (Å²) < 4.78 is 0. The second-order valence-electron chi connectivity index (χ2n) is 4.09. The van der Waals surface area contributed by atoms with E-state index < -0.39 is 0 Å². The lowest BCUT2D eigenvalue weighted by Crippen LogP contribution is -1.89. The summed E-state index contributed by atoms with van der Waals surface area (Å²) >= 11 is 0. The number of hydrogen-bond acceptors (Lipinski definition) is 1. The lowest BCUT2D eigenvalue weighted by molar-refractivity contribution is 1.09. The van der Waals surface area contributed by atoms with Gasteiger partial charge in [0.1, 0.15) is 0 Å². The molecule has 0 radical (unpaired) electrons. The van der Waals surface area contributed by atoms with Crippen LogP contribution in [0.25, 0.3) is 12.2 Å². The standard InChI is InChI=1S/C16H17N/c1-3-14-9-6-12-17-16(14)11-10-15-8-5-4-7-13(15)2/h4-12H,3H2,1-2H3/b11-10-. The minimum absolute atomic E-state index is 1.02. The SMILES string of the molecule is CCc1cccnc1/C=C\c1ccccc1C. The van der Waals surface area contributed by atoms with Crippen molar-refractivity contribution in [2.24, 2.45) is 0 Å². The van der Waals surface area contributed by atoms with E-state index >= 15 is 0 Å². The van der Waals surface area contributed by atoms with Gasteiger partial charge in [0.05, 0.1) is 5.69 Å². The van der Waals surface area contributed by atoms with Crippen LogP contribution < -0.4 is 0 Å². The second-order valence-corrected chi connectivity index (χ2v) is 4.09. The molecule has 0 saturated carbocycles. The van der Waals surface area contributed by atoms with Gasteiger partial charge in [-0.05, 0) is 42.2 Å². The summed E-state index contributed by atoms with van der Waals surface area (Å²) in [6, 6.07) is 12.5. The highest BCUT2D eigenvalue weighted by Gasteiger charge is 1.97. The predicted octanol–water partition coefficient (Wildman–Crippen LogP) is 4.12. The first-order valence-electron chi connectivity index (χ1n) is 5.99. The van der Waals surface area contributed by atoms with Gasteiger partial charge in [-0.15, -0.1) is 0 Å². The number of hydrogen-bond donors (Lipinski definition) is 0. The molecule has 0 aliphatic heterocycles. The van der Waals surface area contributed by atoms with Gasteiger partial charge in [-0.25, -0.2) is 0 Å². The molecule has 0 aliphatic rings.